The number of methoxy groups -OCH3 is 1. The molecular weight excluding hydrogens is 386 g/mol. The third-order valence-corrected chi connectivity index (χ3v) is 4.62. The molecule has 0 spiro atoms. The molecule has 1 N–H and O–H groups in total. The molecule has 0 unspecified atom stereocenters. The summed E-state index contributed by atoms with van der Waals surface area (Å²) in [4.78, 5) is 26.2. The lowest BCUT2D eigenvalue weighted by atomic mass is 10.1. The third kappa shape index (κ3) is 5.48. The number of carbonyl (C=O) groups is 2. The highest BCUT2D eigenvalue weighted by Gasteiger charge is 2.21. The first-order valence-electron chi connectivity index (χ1n) is 7.63. The Labute approximate surface area is 158 Å². The first-order chi connectivity index (χ1) is 12.4. The number of hydrogen-bond acceptors (Lipinski definition) is 4. The Hall–Kier alpha value is -2.03. The van der Waals surface area contributed by atoms with Crippen molar-refractivity contribution < 1.29 is 23.1 Å². The van der Waals surface area contributed by atoms with Gasteiger partial charge in [0.2, 0.25) is 0 Å². The fourth-order valence-electron chi connectivity index (χ4n) is 2.17. The van der Waals surface area contributed by atoms with Crippen LogP contribution in [0.25, 0.3) is 0 Å². The van der Waals surface area contributed by atoms with E-state index < -0.39 is 18.9 Å². The normalized spacial score (nSPS) is 10.8. The van der Waals surface area contributed by atoms with Crippen molar-refractivity contribution in [3.8, 4) is 0 Å². The average molecular weight is 403 g/mol. The molecule has 9 heteroatoms. The van der Waals surface area contributed by atoms with Crippen molar-refractivity contribution in [2.24, 2.45) is 0 Å². The van der Waals surface area contributed by atoms with Crippen LogP contribution in [-0.4, -0.2) is 49.9 Å². The van der Waals surface area contributed by atoms with Gasteiger partial charge < -0.3 is 15.0 Å². The molecule has 0 bridgehead atoms. The van der Waals surface area contributed by atoms with E-state index in [0.29, 0.717) is 4.88 Å². The summed E-state index contributed by atoms with van der Waals surface area (Å²) in [5, 5.41) is 4.62. The Morgan fingerprint density at radius 3 is 2.73 bits per heavy atom. The lowest BCUT2D eigenvalue weighted by molar-refractivity contribution is 0.0478. The van der Waals surface area contributed by atoms with Crippen molar-refractivity contribution in [2.45, 2.75) is 6.43 Å². The molecule has 0 fully saturated rings. The maximum absolute atomic E-state index is 12.7. The zero-order valence-electron chi connectivity index (χ0n) is 13.9. The zero-order chi connectivity index (χ0) is 19.1. The minimum absolute atomic E-state index is 0.0270. The first-order valence-corrected chi connectivity index (χ1v) is 8.89. The number of halogens is 3. The summed E-state index contributed by atoms with van der Waals surface area (Å²) in [5.74, 6) is -0.957. The average Bonchev–Trinajstić information content (AvgIpc) is 3.14. The van der Waals surface area contributed by atoms with Crippen molar-refractivity contribution in [1.82, 2.24) is 4.90 Å². The molecule has 0 aliphatic rings. The van der Waals surface area contributed by atoms with Crippen LogP contribution in [0.2, 0.25) is 5.02 Å². The maximum Gasteiger partial charge on any atom is 0.265 e. The standard InChI is InChI=1S/C17H17ClF2N2O3S/c1-25-7-6-22(10-15(19)20)17(24)11-4-5-12(18)13(9-11)21-16(23)14-3-2-8-26-14/h2-5,8-9,15H,6-7,10H2,1H3,(H,21,23). The molecular formula is C17H17ClF2N2O3S. The third-order valence-electron chi connectivity index (χ3n) is 3.42. The SMILES string of the molecule is COCCN(CC(F)F)C(=O)c1ccc(Cl)c(NC(=O)c2cccs2)c1. The van der Waals surface area contributed by atoms with Gasteiger partial charge >= 0.3 is 0 Å². The predicted octanol–water partition coefficient (Wildman–Crippen LogP) is 4.01. The van der Waals surface area contributed by atoms with Gasteiger partial charge in [0.25, 0.3) is 18.2 Å². The van der Waals surface area contributed by atoms with Crippen LogP contribution in [0.3, 0.4) is 0 Å². The molecule has 0 atom stereocenters. The number of ether oxygens (including phenoxy) is 1. The van der Waals surface area contributed by atoms with Crippen LogP contribution in [0, 0.1) is 0 Å². The van der Waals surface area contributed by atoms with Gasteiger partial charge in [-0.3, -0.25) is 9.59 Å². The summed E-state index contributed by atoms with van der Waals surface area (Å²) in [7, 11) is 1.42. The van der Waals surface area contributed by atoms with Crippen molar-refractivity contribution in [3.05, 3.63) is 51.2 Å². The molecule has 26 heavy (non-hydrogen) atoms. The van der Waals surface area contributed by atoms with Gasteiger partial charge in [-0.2, -0.15) is 0 Å². The van der Waals surface area contributed by atoms with E-state index in [1.165, 1.54) is 36.6 Å². The molecule has 0 aliphatic heterocycles. The van der Waals surface area contributed by atoms with E-state index in [0.717, 1.165) is 4.90 Å². The van der Waals surface area contributed by atoms with Gasteiger partial charge in [0, 0.05) is 19.2 Å². The Morgan fingerprint density at radius 1 is 1.35 bits per heavy atom. The summed E-state index contributed by atoms with van der Waals surface area (Å²) in [6.07, 6.45) is -2.67. The minimum Gasteiger partial charge on any atom is -0.383 e. The van der Waals surface area contributed by atoms with Crippen molar-refractivity contribution in [2.75, 3.05) is 32.1 Å². The topological polar surface area (TPSA) is 58.6 Å². The molecule has 1 aromatic carbocycles. The monoisotopic (exact) mass is 402 g/mol. The van der Waals surface area contributed by atoms with Gasteiger partial charge in [0.15, 0.2) is 0 Å². The molecule has 0 radical (unpaired) electrons. The van der Waals surface area contributed by atoms with Crippen LogP contribution in [0.5, 0.6) is 0 Å². The number of anilines is 1. The molecule has 0 saturated carbocycles. The number of amides is 2. The van der Waals surface area contributed by atoms with E-state index in [1.807, 2.05) is 0 Å². The number of carbonyl (C=O) groups excluding carboxylic acids is 2. The minimum atomic E-state index is -2.67. The molecule has 2 amide bonds. The molecule has 1 heterocycles. The quantitative estimate of drug-likeness (QED) is 0.725. The molecule has 2 rings (SSSR count). The van der Waals surface area contributed by atoms with E-state index in [1.54, 1.807) is 17.5 Å². The number of hydrogen-bond donors (Lipinski definition) is 1. The van der Waals surface area contributed by atoms with Crippen LogP contribution < -0.4 is 5.32 Å². The van der Waals surface area contributed by atoms with Gasteiger partial charge in [0.1, 0.15) is 0 Å². The van der Waals surface area contributed by atoms with Gasteiger partial charge in [-0.05, 0) is 29.6 Å². The molecule has 2 aromatic rings. The van der Waals surface area contributed by atoms with E-state index in [4.69, 9.17) is 16.3 Å². The molecule has 0 saturated heterocycles. The molecule has 1 aromatic heterocycles. The van der Waals surface area contributed by atoms with Crippen molar-refractivity contribution >= 4 is 40.4 Å². The van der Waals surface area contributed by atoms with Crippen molar-refractivity contribution in [3.63, 3.8) is 0 Å². The lowest BCUT2D eigenvalue weighted by Crippen LogP contribution is -2.37. The fraction of sp³-hybridized carbons (Fsp3) is 0.294. The highest BCUT2D eigenvalue weighted by molar-refractivity contribution is 7.12. The number of nitrogens with one attached hydrogen (secondary N) is 1. The van der Waals surface area contributed by atoms with E-state index in [9.17, 15) is 18.4 Å². The number of rotatable bonds is 8. The Kier molecular flexibility index (Phi) is 7.50. The van der Waals surface area contributed by atoms with Crippen LogP contribution in [-0.2, 0) is 4.74 Å². The summed E-state index contributed by atoms with van der Waals surface area (Å²) in [5.41, 5.74) is 0.382. The Morgan fingerprint density at radius 2 is 2.12 bits per heavy atom. The summed E-state index contributed by atoms with van der Waals surface area (Å²) in [6, 6.07) is 7.63. The summed E-state index contributed by atoms with van der Waals surface area (Å²) < 4.78 is 30.4. The van der Waals surface area contributed by atoms with E-state index in [2.05, 4.69) is 5.32 Å². The second-order valence-corrected chi connectivity index (χ2v) is 6.62. The lowest BCUT2D eigenvalue weighted by Gasteiger charge is -2.22. The Bertz CT molecular complexity index is 756. The highest BCUT2D eigenvalue weighted by atomic mass is 35.5. The van der Waals surface area contributed by atoms with Crippen molar-refractivity contribution in [1.29, 1.82) is 0 Å². The van der Waals surface area contributed by atoms with Gasteiger partial charge in [-0.1, -0.05) is 17.7 Å². The summed E-state index contributed by atoms with van der Waals surface area (Å²) >= 11 is 7.34. The largest absolute Gasteiger partial charge is 0.383 e. The molecule has 5 nitrogen and oxygen atoms in total. The fourth-order valence-corrected chi connectivity index (χ4v) is 2.96. The molecule has 0 aliphatic carbocycles. The zero-order valence-corrected chi connectivity index (χ0v) is 15.4. The van der Waals surface area contributed by atoms with Crippen LogP contribution >= 0.6 is 22.9 Å². The number of alkyl halides is 2. The predicted molar refractivity (Wildman–Crippen MR) is 97.5 cm³/mol. The summed E-state index contributed by atoms with van der Waals surface area (Å²) in [6.45, 7) is -0.547. The van der Waals surface area contributed by atoms with Gasteiger partial charge in [-0.25, -0.2) is 8.78 Å². The van der Waals surface area contributed by atoms with Crippen LogP contribution in [0.15, 0.2) is 35.7 Å². The number of nitrogens with zero attached hydrogens (tertiary/aromatic N) is 1. The van der Waals surface area contributed by atoms with Gasteiger partial charge in [0.05, 0.1) is 28.7 Å². The smallest absolute Gasteiger partial charge is 0.265 e. The second-order valence-electron chi connectivity index (χ2n) is 5.26. The number of thiophene rings is 1. The van der Waals surface area contributed by atoms with E-state index >= 15 is 0 Å². The highest BCUT2D eigenvalue weighted by Crippen LogP contribution is 2.25. The van der Waals surface area contributed by atoms with Crippen LogP contribution in [0.1, 0.15) is 20.0 Å². The van der Waals surface area contributed by atoms with Crippen LogP contribution in [0.4, 0.5) is 14.5 Å². The number of benzene rings is 1. The van der Waals surface area contributed by atoms with E-state index in [-0.39, 0.29) is 35.3 Å². The first kappa shape index (κ1) is 20.3. The molecule has 140 valence electrons. The second kappa shape index (κ2) is 9.61. The Balaban J connectivity index is 2.20. The van der Waals surface area contributed by atoms with Gasteiger partial charge in [-0.15, -0.1) is 11.3 Å². The maximum atomic E-state index is 12.7.